The highest BCUT2D eigenvalue weighted by Gasteiger charge is 2.24. The molecule has 0 unspecified atom stereocenters. The molecule has 0 aromatic heterocycles. The second kappa shape index (κ2) is 14.4. The summed E-state index contributed by atoms with van der Waals surface area (Å²) >= 11 is 0. The molecule has 0 radical (unpaired) electrons. The van der Waals surface area contributed by atoms with E-state index in [0.29, 0.717) is 0 Å². The Balaban J connectivity index is -0.000000578. The minimum absolute atomic E-state index is 0. The third-order valence-corrected chi connectivity index (χ3v) is 3.94. The summed E-state index contributed by atoms with van der Waals surface area (Å²) < 4.78 is 35.5. The van der Waals surface area contributed by atoms with Gasteiger partial charge < -0.3 is 13.6 Å². The molecule has 0 bridgehead atoms. The van der Waals surface area contributed by atoms with Crippen LogP contribution in [0, 0.1) is 0 Å². The molecule has 0 atom stereocenters. The van der Waals surface area contributed by atoms with Gasteiger partial charge in [-0.05, 0) is 25.7 Å². The molecule has 0 saturated heterocycles. The largest absolute Gasteiger partial charge is 1.00 e. The fourth-order valence-corrected chi connectivity index (χ4v) is 2.64. The van der Waals surface area contributed by atoms with Crippen molar-refractivity contribution in [2.75, 3.05) is 26.2 Å². The van der Waals surface area contributed by atoms with E-state index >= 15 is 0 Å². The van der Waals surface area contributed by atoms with Crippen LogP contribution in [0.3, 0.4) is 0 Å². The molecule has 0 spiro atoms. The molecule has 0 heterocycles. The van der Waals surface area contributed by atoms with Crippen molar-refractivity contribution in [3.05, 3.63) is 0 Å². The van der Waals surface area contributed by atoms with Crippen LogP contribution < -0.4 is 0 Å². The van der Waals surface area contributed by atoms with Crippen molar-refractivity contribution >= 4 is 10.4 Å². The third-order valence-electron chi connectivity index (χ3n) is 3.94. The molecule has 0 fully saturated rings. The van der Waals surface area contributed by atoms with Gasteiger partial charge in [0.15, 0.2) is 0 Å². The number of unbranched alkanes of at least 4 members (excludes halogenated alkanes) is 4. The first-order chi connectivity index (χ1) is 10.2. The Morgan fingerprint density at radius 3 is 1.00 bits per heavy atom. The first-order valence-electron chi connectivity index (χ1n) is 8.76. The van der Waals surface area contributed by atoms with E-state index in [2.05, 4.69) is 27.7 Å². The molecule has 22 heavy (non-hydrogen) atoms. The van der Waals surface area contributed by atoms with Gasteiger partial charge in [0.05, 0.1) is 26.2 Å². The Kier molecular flexibility index (Phi) is 15.8. The van der Waals surface area contributed by atoms with E-state index < -0.39 is 10.4 Å². The maximum Gasteiger partial charge on any atom is 1.00 e. The van der Waals surface area contributed by atoms with E-state index in [1.54, 1.807) is 0 Å². The van der Waals surface area contributed by atoms with Crippen LogP contribution in [0.5, 0.6) is 0 Å². The van der Waals surface area contributed by atoms with Crippen molar-refractivity contribution in [1.29, 1.82) is 0 Å². The predicted molar refractivity (Wildman–Crippen MR) is 90.9 cm³/mol. The summed E-state index contributed by atoms with van der Waals surface area (Å²) in [6.45, 7) is 15.0. The fourth-order valence-electron chi connectivity index (χ4n) is 2.64. The lowest BCUT2D eigenvalue weighted by Crippen LogP contribution is -2.50. The zero-order valence-corrected chi connectivity index (χ0v) is 15.8. The van der Waals surface area contributed by atoms with Crippen LogP contribution in [0.4, 0.5) is 0 Å². The van der Waals surface area contributed by atoms with Crippen LogP contribution in [0.25, 0.3) is 0 Å². The van der Waals surface area contributed by atoms with Crippen molar-refractivity contribution in [1.82, 2.24) is 0 Å². The molecular formula is C16H37NO4S. The standard InChI is InChI=1S/C16H36N.H2O4S/c1-5-9-13-17(14-10-6-2,15-11-7-3)16-12-8-4;1-5(2,3)4/h5-16H2,1-4H3;(H2,1,2,3,4)/q+1;/p-1. The van der Waals surface area contributed by atoms with Gasteiger partial charge in [0.1, 0.15) is 0 Å². The van der Waals surface area contributed by atoms with Crippen LogP contribution in [0.2, 0.25) is 0 Å². The lowest BCUT2D eigenvalue weighted by molar-refractivity contribution is -0.929. The highest BCUT2D eigenvalue weighted by molar-refractivity contribution is 7.79. The summed E-state index contributed by atoms with van der Waals surface area (Å²) in [5, 5.41) is 0. The van der Waals surface area contributed by atoms with E-state index in [4.69, 9.17) is 17.5 Å². The summed E-state index contributed by atoms with van der Waals surface area (Å²) in [6.07, 6.45) is 11.1. The van der Waals surface area contributed by atoms with Crippen LogP contribution in [0.1, 0.15) is 80.5 Å². The highest BCUT2D eigenvalue weighted by atomic mass is 32.3. The molecule has 0 aliphatic heterocycles. The SMILES string of the molecule is CCCC[N+](CCCC)(CCCC)CCCC.O=S(=O)([O-])[O-].[H+]. The van der Waals surface area contributed by atoms with Gasteiger partial charge in [0, 0.05) is 10.4 Å². The van der Waals surface area contributed by atoms with Crippen LogP contribution in [-0.2, 0) is 10.4 Å². The number of hydrogen-bond acceptors (Lipinski definition) is 4. The number of hydrogen-bond donors (Lipinski definition) is 0. The Bertz CT molecular complexity index is 291. The van der Waals surface area contributed by atoms with Crippen LogP contribution in [0.15, 0.2) is 0 Å². The fraction of sp³-hybridized carbons (Fsp3) is 1.00. The maximum atomic E-state index is 8.52. The van der Waals surface area contributed by atoms with E-state index in [9.17, 15) is 0 Å². The van der Waals surface area contributed by atoms with Crippen molar-refractivity contribution in [2.45, 2.75) is 79.1 Å². The van der Waals surface area contributed by atoms with Crippen molar-refractivity contribution in [3.8, 4) is 0 Å². The van der Waals surface area contributed by atoms with Gasteiger partial charge >= 0.3 is 1.43 Å². The predicted octanol–water partition coefficient (Wildman–Crippen LogP) is 3.78. The Morgan fingerprint density at radius 1 is 0.682 bits per heavy atom. The third kappa shape index (κ3) is 17.9. The smallest absolute Gasteiger partial charge is 0.759 e. The van der Waals surface area contributed by atoms with Gasteiger partial charge in [-0.3, -0.25) is 8.42 Å². The molecule has 0 aromatic carbocycles. The Morgan fingerprint density at radius 2 is 0.864 bits per heavy atom. The quantitative estimate of drug-likeness (QED) is 0.308. The van der Waals surface area contributed by atoms with Crippen molar-refractivity contribution in [3.63, 3.8) is 0 Å². The Hall–Kier alpha value is -0.170. The minimum atomic E-state index is -5.17. The van der Waals surface area contributed by atoms with Gasteiger partial charge in [-0.15, -0.1) is 0 Å². The second-order valence-corrected chi connectivity index (χ2v) is 6.88. The summed E-state index contributed by atoms with van der Waals surface area (Å²) in [7, 11) is -5.17. The first kappa shape index (κ1) is 24.1. The molecule has 0 amide bonds. The molecule has 0 N–H and O–H groups in total. The van der Waals surface area contributed by atoms with Gasteiger partial charge in [0.2, 0.25) is 0 Å². The van der Waals surface area contributed by atoms with E-state index in [-0.39, 0.29) is 1.43 Å². The minimum Gasteiger partial charge on any atom is -0.759 e. The summed E-state index contributed by atoms with van der Waals surface area (Å²) in [4.78, 5) is 0. The average molecular weight is 340 g/mol. The second-order valence-electron chi connectivity index (χ2n) is 6.06. The maximum absolute atomic E-state index is 8.52. The zero-order chi connectivity index (χ0) is 17.5. The molecule has 0 saturated carbocycles. The average Bonchev–Trinajstić information content (AvgIpc) is 2.44. The molecule has 5 nitrogen and oxygen atoms in total. The molecule has 0 aliphatic carbocycles. The Labute approximate surface area is 139 Å². The van der Waals surface area contributed by atoms with Gasteiger partial charge in [-0.25, -0.2) is 0 Å². The number of quaternary nitrogens is 1. The van der Waals surface area contributed by atoms with Gasteiger partial charge in [-0.1, -0.05) is 53.4 Å². The summed E-state index contributed by atoms with van der Waals surface area (Å²) in [5.41, 5.74) is 0. The molecule has 6 heteroatoms. The van der Waals surface area contributed by atoms with Crippen LogP contribution >= 0.6 is 0 Å². The molecule has 0 rings (SSSR count). The monoisotopic (exact) mass is 339 g/mol. The van der Waals surface area contributed by atoms with Gasteiger partial charge in [0.25, 0.3) is 0 Å². The van der Waals surface area contributed by atoms with Crippen LogP contribution in [-0.4, -0.2) is 48.2 Å². The molecule has 136 valence electrons. The molecule has 0 aromatic rings. The normalized spacial score (nSPS) is 11.9. The summed E-state index contributed by atoms with van der Waals surface area (Å²) in [6, 6.07) is 0. The van der Waals surface area contributed by atoms with Gasteiger partial charge in [-0.2, -0.15) is 0 Å². The zero-order valence-electron chi connectivity index (χ0n) is 16.0. The summed E-state index contributed by atoms with van der Waals surface area (Å²) in [5.74, 6) is 0. The molecular weight excluding hydrogens is 302 g/mol. The van der Waals surface area contributed by atoms with E-state index in [1.807, 2.05) is 0 Å². The lowest BCUT2D eigenvalue weighted by atomic mass is 10.1. The molecule has 0 aliphatic rings. The van der Waals surface area contributed by atoms with Crippen molar-refractivity contribution < 1.29 is 23.4 Å². The number of nitrogens with zero attached hydrogens (tertiary/aromatic N) is 1. The number of rotatable bonds is 12. The lowest BCUT2D eigenvalue weighted by Gasteiger charge is -2.39. The topological polar surface area (TPSA) is 80.3 Å². The van der Waals surface area contributed by atoms with E-state index in [0.717, 1.165) is 0 Å². The first-order valence-corrected chi connectivity index (χ1v) is 10.1. The highest BCUT2D eigenvalue weighted by Crippen LogP contribution is 2.16. The van der Waals surface area contributed by atoms with E-state index in [1.165, 1.54) is 82.0 Å². The van der Waals surface area contributed by atoms with Crippen molar-refractivity contribution in [2.24, 2.45) is 0 Å².